The van der Waals surface area contributed by atoms with Crippen molar-refractivity contribution >= 4 is 27.4 Å². The van der Waals surface area contributed by atoms with Gasteiger partial charge in [-0.3, -0.25) is 0 Å². The summed E-state index contributed by atoms with van der Waals surface area (Å²) in [5.41, 5.74) is 2.12. The summed E-state index contributed by atoms with van der Waals surface area (Å²) in [6.45, 7) is 6.46. The van der Waals surface area contributed by atoms with Crippen LogP contribution in [0, 0.1) is 0 Å². The zero-order valence-corrected chi connectivity index (χ0v) is 16.2. The summed E-state index contributed by atoms with van der Waals surface area (Å²) in [5.74, 6) is -0.657. The molecule has 0 bridgehead atoms. The van der Waals surface area contributed by atoms with Crippen molar-refractivity contribution in [1.29, 1.82) is 0 Å². The number of esters is 1. The maximum absolute atomic E-state index is 12.2. The highest BCUT2D eigenvalue weighted by atomic mass is 35.5. The first-order valence-corrected chi connectivity index (χ1v) is 10.0. The van der Waals surface area contributed by atoms with Crippen molar-refractivity contribution in [1.82, 2.24) is 0 Å². The molecular weight excluding hydrogens is 360 g/mol. The average Bonchev–Trinajstić information content (AvgIpc) is 2.51. The third-order valence-corrected chi connectivity index (χ3v) is 5.22. The van der Waals surface area contributed by atoms with Gasteiger partial charge in [-0.2, -0.15) is 0 Å². The van der Waals surface area contributed by atoms with E-state index in [0.29, 0.717) is 0 Å². The van der Waals surface area contributed by atoms with Crippen LogP contribution >= 0.6 is 11.6 Å². The molecule has 0 fully saturated rings. The van der Waals surface area contributed by atoms with Gasteiger partial charge in [0.1, 0.15) is 6.61 Å². The largest absolute Gasteiger partial charge is 0.457 e. The van der Waals surface area contributed by atoms with Crippen molar-refractivity contribution in [3.05, 3.63) is 64.2 Å². The van der Waals surface area contributed by atoms with Crippen LogP contribution in [0.3, 0.4) is 0 Å². The topological polar surface area (TPSA) is 60.4 Å². The number of halogens is 1. The van der Waals surface area contributed by atoms with E-state index in [2.05, 4.69) is 20.8 Å². The highest BCUT2D eigenvalue weighted by Gasteiger charge is 2.17. The second-order valence-electron chi connectivity index (χ2n) is 6.94. The molecule has 0 heterocycles. The van der Waals surface area contributed by atoms with Crippen LogP contribution in [0.25, 0.3) is 0 Å². The molecule has 0 atom stereocenters. The van der Waals surface area contributed by atoms with E-state index >= 15 is 0 Å². The van der Waals surface area contributed by atoms with Crippen molar-refractivity contribution < 1.29 is 17.9 Å². The first kappa shape index (κ1) is 19.5. The maximum atomic E-state index is 12.2. The van der Waals surface area contributed by atoms with Gasteiger partial charge in [0.15, 0.2) is 9.84 Å². The Balaban J connectivity index is 2.13. The Labute approximate surface area is 153 Å². The zero-order valence-electron chi connectivity index (χ0n) is 14.7. The van der Waals surface area contributed by atoms with Crippen LogP contribution in [0.4, 0.5) is 0 Å². The molecule has 0 aromatic heterocycles. The molecule has 0 spiro atoms. The molecule has 0 aliphatic heterocycles. The summed E-state index contributed by atoms with van der Waals surface area (Å²) in [7, 11) is -3.43. The lowest BCUT2D eigenvalue weighted by molar-refractivity contribution is 0.0472. The minimum absolute atomic E-state index is 0.0263. The molecule has 2 rings (SSSR count). The predicted octanol–water partition coefficient (Wildman–Crippen LogP) is 4.40. The predicted molar refractivity (Wildman–Crippen MR) is 98.8 cm³/mol. The molecule has 2 aromatic rings. The second-order valence-corrected chi connectivity index (χ2v) is 9.36. The minimum Gasteiger partial charge on any atom is -0.457 e. The van der Waals surface area contributed by atoms with Crippen LogP contribution in [0.15, 0.2) is 47.4 Å². The fraction of sp³-hybridized carbons (Fsp3) is 0.316. The van der Waals surface area contributed by atoms with Crippen molar-refractivity contribution in [2.45, 2.75) is 37.7 Å². The number of sulfone groups is 1. The summed E-state index contributed by atoms with van der Waals surface area (Å²) in [4.78, 5) is 12.3. The number of benzene rings is 2. The minimum atomic E-state index is -3.43. The van der Waals surface area contributed by atoms with E-state index in [0.717, 1.165) is 11.8 Å². The smallest absolute Gasteiger partial charge is 0.340 e. The van der Waals surface area contributed by atoms with E-state index in [1.807, 2.05) is 24.3 Å². The summed E-state index contributed by atoms with van der Waals surface area (Å²) in [6.07, 6.45) is 1.07. The monoisotopic (exact) mass is 380 g/mol. The highest BCUT2D eigenvalue weighted by Crippen LogP contribution is 2.24. The Hall–Kier alpha value is -1.85. The van der Waals surface area contributed by atoms with Gasteiger partial charge in [0.05, 0.1) is 15.5 Å². The molecule has 0 unspecified atom stereocenters. The molecule has 0 aliphatic carbocycles. The van der Waals surface area contributed by atoms with E-state index in [1.54, 1.807) is 0 Å². The number of hydrogen-bond acceptors (Lipinski definition) is 4. The van der Waals surface area contributed by atoms with E-state index in [-0.39, 0.29) is 27.5 Å². The molecule has 25 heavy (non-hydrogen) atoms. The Bertz CT molecular complexity index is 879. The lowest BCUT2D eigenvalue weighted by Gasteiger charge is -2.19. The Morgan fingerprint density at radius 2 is 1.68 bits per heavy atom. The summed E-state index contributed by atoms with van der Waals surface area (Å²) in [6, 6.07) is 11.8. The summed E-state index contributed by atoms with van der Waals surface area (Å²) >= 11 is 6.00. The Morgan fingerprint density at radius 3 is 2.20 bits per heavy atom. The van der Waals surface area contributed by atoms with Crippen LogP contribution in [0.5, 0.6) is 0 Å². The lowest BCUT2D eigenvalue weighted by Crippen LogP contribution is -2.11. The van der Waals surface area contributed by atoms with Gasteiger partial charge in [0.25, 0.3) is 0 Å². The first-order chi connectivity index (χ1) is 11.5. The van der Waals surface area contributed by atoms with Crippen LogP contribution in [0.1, 0.15) is 42.3 Å². The second kappa shape index (κ2) is 7.18. The van der Waals surface area contributed by atoms with E-state index in [4.69, 9.17) is 16.3 Å². The first-order valence-electron chi connectivity index (χ1n) is 7.74. The summed E-state index contributed by atoms with van der Waals surface area (Å²) in [5, 5.41) is 0.153. The van der Waals surface area contributed by atoms with Gasteiger partial charge in [-0.05, 0) is 34.7 Å². The highest BCUT2D eigenvalue weighted by molar-refractivity contribution is 7.90. The molecule has 0 radical (unpaired) electrons. The van der Waals surface area contributed by atoms with Gasteiger partial charge < -0.3 is 4.74 Å². The molecule has 0 aliphatic rings. The van der Waals surface area contributed by atoms with Gasteiger partial charge in [0, 0.05) is 6.26 Å². The maximum Gasteiger partial charge on any atom is 0.340 e. The molecule has 6 heteroatoms. The molecule has 2 aromatic carbocycles. The third kappa shape index (κ3) is 5.06. The van der Waals surface area contributed by atoms with Crippen LogP contribution in [0.2, 0.25) is 5.02 Å². The SMILES string of the molecule is CC(C)(C)c1ccc(COC(=O)c2cc(S(C)(=O)=O)ccc2Cl)cc1. The van der Waals surface area contributed by atoms with Crippen molar-refractivity contribution in [2.75, 3.05) is 6.26 Å². The molecule has 0 N–H and O–H groups in total. The number of carbonyl (C=O) groups excluding carboxylic acids is 1. The third-order valence-electron chi connectivity index (χ3n) is 3.78. The van der Waals surface area contributed by atoms with Gasteiger partial charge in [-0.1, -0.05) is 56.6 Å². The summed E-state index contributed by atoms with van der Waals surface area (Å²) < 4.78 is 28.5. The van der Waals surface area contributed by atoms with Crippen molar-refractivity contribution in [3.63, 3.8) is 0 Å². The van der Waals surface area contributed by atoms with E-state index in [9.17, 15) is 13.2 Å². The number of rotatable bonds is 4. The Morgan fingerprint density at radius 1 is 1.08 bits per heavy atom. The quantitative estimate of drug-likeness (QED) is 0.737. The van der Waals surface area contributed by atoms with E-state index < -0.39 is 15.8 Å². The number of hydrogen-bond donors (Lipinski definition) is 0. The van der Waals surface area contributed by atoms with E-state index in [1.165, 1.54) is 23.8 Å². The van der Waals surface area contributed by atoms with Crippen LogP contribution < -0.4 is 0 Å². The van der Waals surface area contributed by atoms with Gasteiger partial charge in [0.2, 0.25) is 0 Å². The Kier molecular flexibility index (Phi) is 5.59. The molecule has 134 valence electrons. The van der Waals surface area contributed by atoms with Gasteiger partial charge in [-0.25, -0.2) is 13.2 Å². The van der Waals surface area contributed by atoms with Crippen LogP contribution in [-0.4, -0.2) is 20.6 Å². The number of ether oxygens (including phenoxy) is 1. The molecular formula is C19H21ClO4S. The van der Waals surface area contributed by atoms with Crippen molar-refractivity contribution in [2.24, 2.45) is 0 Å². The zero-order chi connectivity index (χ0) is 18.8. The van der Waals surface area contributed by atoms with Crippen LogP contribution in [-0.2, 0) is 26.6 Å². The fourth-order valence-electron chi connectivity index (χ4n) is 2.22. The normalized spacial score (nSPS) is 12.0. The number of carbonyl (C=O) groups is 1. The molecule has 4 nitrogen and oxygen atoms in total. The lowest BCUT2D eigenvalue weighted by atomic mass is 9.87. The fourth-order valence-corrected chi connectivity index (χ4v) is 3.06. The molecule has 0 saturated carbocycles. The molecule has 0 amide bonds. The molecule has 0 saturated heterocycles. The standard InChI is InChI=1S/C19H21ClO4S/c1-19(2,3)14-7-5-13(6-8-14)12-24-18(21)16-11-15(25(4,22)23)9-10-17(16)20/h5-11H,12H2,1-4H3. The van der Waals surface area contributed by atoms with Gasteiger partial charge in [-0.15, -0.1) is 0 Å². The average molecular weight is 381 g/mol. The van der Waals surface area contributed by atoms with Crippen molar-refractivity contribution in [3.8, 4) is 0 Å². The van der Waals surface area contributed by atoms with Gasteiger partial charge >= 0.3 is 5.97 Å².